The van der Waals surface area contributed by atoms with Gasteiger partial charge >= 0.3 is 5.97 Å². The van der Waals surface area contributed by atoms with Gasteiger partial charge in [-0.3, -0.25) is 9.69 Å². The van der Waals surface area contributed by atoms with Crippen molar-refractivity contribution < 1.29 is 9.53 Å². The molecule has 1 heterocycles. The molecule has 0 spiro atoms. The molecule has 1 aliphatic carbocycles. The van der Waals surface area contributed by atoms with Crippen molar-refractivity contribution in [2.24, 2.45) is 11.8 Å². The number of fused-ring (bicyclic) bond motifs is 1. The van der Waals surface area contributed by atoms with Crippen molar-refractivity contribution in [2.75, 3.05) is 26.2 Å². The molecular weight excluding hydrogens is 226 g/mol. The van der Waals surface area contributed by atoms with Gasteiger partial charge in [-0.25, -0.2) is 0 Å². The van der Waals surface area contributed by atoms with Gasteiger partial charge in [-0.2, -0.15) is 0 Å². The van der Waals surface area contributed by atoms with Gasteiger partial charge in [0, 0.05) is 6.54 Å². The number of carbonyl (C=O) groups excluding carboxylic acids is 1. The number of piperidine rings is 1. The fourth-order valence-corrected chi connectivity index (χ4v) is 3.38. The molecule has 2 unspecified atom stereocenters. The number of ether oxygens (including phenoxy) is 1. The molecule has 0 aromatic heterocycles. The molecule has 3 nitrogen and oxygen atoms in total. The Morgan fingerprint density at radius 3 is 2.78 bits per heavy atom. The molecule has 3 heteroatoms. The second kappa shape index (κ2) is 7.13. The van der Waals surface area contributed by atoms with Gasteiger partial charge in [-0.15, -0.1) is 0 Å². The predicted molar refractivity (Wildman–Crippen MR) is 72.4 cm³/mol. The van der Waals surface area contributed by atoms with Crippen LogP contribution in [0.1, 0.15) is 51.9 Å². The molecule has 0 aromatic carbocycles. The Morgan fingerprint density at radius 2 is 2.00 bits per heavy atom. The number of carbonyl (C=O) groups is 1. The molecule has 1 saturated carbocycles. The summed E-state index contributed by atoms with van der Waals surface area (Å²) >= 11 is 0. The van der Waals surface area contributed by atoms with Crippen LogP contribution in [0.4, 0.5) is 0 Å². The first-order chi connectivity index (χ1) is 8.79. The average molecular weight is 253 g/mol. The lowest BCUT2D eigenvalue weighted by atomic mass is 9.75. The summed E-state index contributed by atoms with van der Waals surface area (Å²) in [5, 5.41) is 0. The SMILES string of the molecule is CCCCOC(=O)CN1CCC2CCCCC2C1. The van der Waals surface area contributed by atoms with Gasteiger partial charge in [0.15, 0.2) is 0 Å². The van der Waals surface area contributed by atoms with Crippen LogP contribution in [0.2, 0.25) is 0 Å². The highest BCUT2D eigenvalue weighted by Crippen LogP contribution is 2.35. The zero-order chi connectivity index (χ0) is 12.8. The van der Waals surface area contributed by atoms with Crippen LogP contribution >= 0.6 is 0 Å². The number of hydrogen-bond acceptors (Lipinski definition) is 3. The lowest BCUT2D eigenvalue weighted by molar-refractivity contribution is -0.145. The van der Waals surface area contributed by atoms with Crippen LogP contribution in [-0.2, 0) is 9.53 Å². The summed E-state index contributed by atoms with van der Waals surface area (Å²) in [6.07, 6.45) is 8.94. The normalized spacial score (nSPS) is 28.7. The van der Waals surface area contributed by atoms with Crippen LogP contribution in [0, 0.1) is 11.8 Å². The Bertz CT molecular complexity index is 267. The Hall–Kier alpha value is -0.570. The predicted octanol–water partition coefficient (Wildman–Crippen LogP) is 2.84. The van der Waals surface area contributed by atoms with E-state index >= 15 is 0 Å². The highest BCUT2D eigenvalue weighted by atomic mass is 16.5. The van der Waals surface area contributed by atoms with Crippen molar-refractivity contribution in [1.29, 1.82) is 0 Å². The Labute approximate surface area is 111 Å². The Morgan fingerprint density at radius 1 is 1.22 bits per heavy atom. The monoisotopic (exact) mass is 253 g/mol. The standard InChI is InChI=1S/C15H27NO2/c1-2-3-10-18-15(17)12-16-9-8-13-6-4-5-7-14(13)11-16/h13-14H,2-12H2,1H3. The molecule has 0 radical (unpaired) electrons. The minimum Gasteiger partial charge on any atom is -0.465 e. The van der Waals surface area contributed by atoms with E-state index in [0.717, 1.165) is 37.8 Å². The van der Waals surface area contributed by atoms with E-state index < -0.39 is 0 Å². The van der Waals surface area contributed by atoms with E-state index in [1.54, 1.807) is 0 Å². The maximum absolute atomic E-state index is 11.7. The molecule has 2 atom stereocenters. The van der Waals surface area contributed by atoms with Gasteiger partial charge < -0.3 is 4.74 Å². The van der Waals surface area contributed by atoms with Crippen LogP contribution < -0.4 is 0 Å². The van der Waals surface area contributed by atoms with Gasteiger partial charge in [0.2, 0.25) is 0 Å². The summed E-state index contributed by atoms with van der Waals surface area (Å²) in [5.41, 5.74) is 0. The van der Waals surface area contributed by atoms with E-state index in [9.17, 15) is 4.79 Å². The van der Waals surface area contributed by atoms with E-state index in [2.05, 4.69) is 11.8 Å². The van der Waals surface area contributed by atoms with Crippen LogP contribution in [0.5, 0.6) is 0 Å². The molecule has 0 N–H and O–H groups in total. The molecule has 0 bridgehead atoms. The summed E-state index contributed by atoms with van der Waals surface area (Å²) in [4.78, 5) is 14.0. The fraction of sp³-hybridized carbons (Fsp3) is 0.933. The molecule has 18 heavy (non-hydrogen) atoms. The van der Waals surface area contributed by atoms with E-state index in [4.69, 9.17) is 4.74 Å². The molecule has 0 aromatic rings. The van der Waals surface area contributed by atoms with Gasteiger partial charge in [-0.05, 0) is 37.6 Å². The third-order valence-electron chi connectivity index (χ3n) is 4.49. The number of hydrogen-bond donors (Lipinski definition) is 0. The molecule has 2 aliphatic rings. The summed E-state index contributed by atoms with van der Waals surface area (Å²) in [6.45, 7) is 5.42. The highest BCUT2D eigenvalue weighted by molar-refractivity contribution is 5.71. The second-order valence-electron chi connectivity index (χ2n) is 5.90. The fourth-order valence-electron chi connectivity index (χ4n) is 3.38. The smallest absolute Gasteiger partial charge is 0.320 e. The zero-order valence-electron chi connectivity index (χ0n) is 11.7. The molecular formula is C15H27NO2. The largest absolute Gasteiger partial charge is 0.465 e. The van der Waals surface area contributed by atoms with E-state index in [1.165, 1.54) is 32.1 Å². The quantitative estimate of drug-likeness (QED) is 0.557. The summed E-state index contributed by atoms with van der Waals surface area (Å²) < 4.78 is 5.24. The van der Waals surface area contributed by atoms with Crippen molar-refractivity contribution in [3.8, 4) is 0 Å². The van der Waals surface area contributed by atoms with Crippen LogP contribution in [0.15, 0.2) is 0 Å². The maximum atomic E-state index is 11.7. The highest BCUT2D eigenvalue weighted by Gasteiger charge is 2.31. The van der Waals surface area contributed by atoms with Crippen LogP contribution in [0.3, 0.4) is 0 Å². The van der Waals surface area contributed by atoms with Gasteiger partial charge in [0.1, 0.15) is 0 Å². The Balaban J connectivity index is 1.69. The summed E-state index contributed by atoms with van der Waals surface area (Å²) in [6, 6.07) is 0. The van der Waals surface area contributed by atoms with E-state index in [0.29, 0.717) is 13.2 Å². The lowest BCUT2D eigenvalue weighted by Gasteiger charge is -2.40. The molecule has 1 aliphatic heterocycles. The molecule has 2 rings (SSSR count). The minimum absolute atomic E-state index is 0.0299. The van der Waals surface area contributed by atoms with Crippen molar-refractivity contribution >= 4 is 5.97 Å². The third-order valence-corrected chi connectivity index (χ3v) is 4.49. The number of unbranched alkanes of at least 4 members (excludes halogenated alkanes) is 1. The average Bonchev–Trinajstić information content (AvgIpc) is 2.39. The third kappa shape index (κ3) is 3.98. The Kier molecular flexibility index (Phi) is 5.48. The summed E-state index contributed by atoms with van der Waals surface area (Å²) in [5.74, 6) is 1.75. The zero-order valence-corrected chi connectivity index (χ0v) is 11.7. The van der Waals surface area contributed by atoms with Gasteiger partial charge in [-0.1, -0.05) is 32.6 Å². The van der Waals surface area contributed by atoms with Crippen molar-refractivity contribution in [3.63, 3.8) is 0 Å². The van der Waals surface area contributed by atoms with E-state index in [-0.39, 0.29) is 5.97 Å². The van der Waals surface area contributed by atoms with Gasteiger partial charge in [0.25, 0.3) is 0 Å². The lowest BCUT2D eigenvalue weighted by Crippen LogP contribution is -2.44. The van der Waals surface area contributed by atoms with Crippen molar-refractivity contribution in [1.82, 2.24) is 4.90 Å². The minimum atomic E-state index is -0.0299. The molecule has 104 valence electrons. The summed E-state index contributed by atoms with van der Waals surface area (Å²) in [7, 11) is 0. The maximum Gasteiger partial charge on any atom is 0.320 e. The number of rotatable bonds is 5. The molecule has 1 saturated heterocycles. The van der Waals surface area contributed by atoms with Crippen molar-refractivity contribution in [2.45, 2.75) is 51.9 Å². The van der Waals surface area contributed by atoms with Gasteiger partial charge in [0.05, 0.1) is 13.2 Å². The topological polar surface area (TPSA) is 29.5 Å². The number of esters is 1. The van der Waals surface area contributed by atoms with Crippen molar-refractivity contribution in [3.05, 3.63) is 0 Å². The molecule has 2 fully saturated rings. The number of likely N-dealkylation sites (tertiary alicyclic amines) is 1. The second-order valence-corrected chi connectivity index (χ2v) is 5.90. The first-order valence-electron chi connectivity index (χ1n) is 7.67. The van der Waals surface area contributed by atoms with E-state index in [1.807, 2.05) is 0 Å². The first-order valence-corrected chi connectivity index (χ1v) is 7.67. The van der Waals surface area contributed by atoms with Crippen LogP contribution in [-0.4, -0.2) is 37.1 Å². The number of nitrogens with zero attached hydrogens (tertiary/aromatic N) is 1. The first kappa shape index (κ1) is 13.9. The van der Waals surface area contributed by atoms with Crippen LogP contribution in [0.25, 0.3) is 0 Å². The molecule has 0 amide bonds.